The molecule has 0 saturated carbocycles. The Morgan fingerprint density at radius 2 is 1.78 bits per heavy atom. The van der Waals surface area contributed by atoms with Crippen molar-refractivity contribution in [3.8, 4) is 11.5 Å². The van der Waals surface area contributed by atoms with E-state index >= 15 is 0 Å². The van der Waals surface area contributed by atoms with Gasteiger partial charge in [-0.1, -0.05) is 46.3 Å². The normalized spacial score (nSPS) is 16.6. The van der Waals surface area contributed by atoms with Crippen LogP contribution in [0.4, 0.5) is 5.69 Å². The van der Waals surface area contributed by atoms with E-state index in [1.54, 1.807) is 11.8 Å². The van der Waals surface area contributed by atoms with Crippen LogP contribution in [0, 0.1) is 6.92 Å². The lowest BCUT2D eigenvalue weighted by Crippen LogP contribution is -2.27. The van der Waals surface area contributed by atoms with Crippen LogP contribution in [0.3, 0.4) is 0 Å². The number of ether oxygens (including phenoxy) is 1. The molecule has 0 spiro atoms. The highest BCUT2D eigenvalue weighted by molar-refractivity contribution is 9.10. The van der Waals surface area contributed by atoms with E-state index in [9.17, 15) is 4.79 Å². The molecule has 0 N–H and O–H groups in total. The number of nitrogens with zero attached hydrogens (tertiary/aromatic N) is 1. The van der Waals surface area contributed by atoms with Crippen LogP contribution in [0.15, 0.2) is 77.3 Å². The van der Waals surface area contributed by atoms with Gasteiger partial charge in [0.05, 0.1) is 5.75 Å². The van der Waals surface area contributed by atoms with Crippen molar-refractivity contribution in [1.29, 1.82) is 0 Å². The molecule has 1 saturated heterocycles. The number of carbonyl (C=O) groups excluding carboxylic acids is 1. The van der Waals surface area contributed by atoms with E-state index in [1.165, 1.54) is 0 Å². The second-order valence-corrected chi connectivity index (χ2v) is 8.27. The average molecular weight is 440 g/mol. The second kappa shape index (κ2) is 7.79. The number of hydrogen-bond acceptors (Lipinski definition) is 3. The number of carbonyl (C=O) groups is 1. The first-order chi connectivity index (χ1) is 13.1. The summed E-state index contributed by atoms with van der Waals surface area (Å²) < 4.78 is 7.00. The highest BCUT2D eigenvalue weighted by Crippen LogP contribution is 2.43. The summed E-state index contributed by atoms with van der Waals surface area (Å²) in [6.45, 7) is 2.03. The third-order valence-electron chi connectivity index (χ3n) is 4.41. The van der Waals surface area contributed by atoms with E-state index in [1.807, 2.05) is 84.6 Å². The zero-order valence-corrected chi connectivity index (χ0v) is 17.2. The summed E-state index contributed by atoms with van der Waals surface area (Å²) in [5.41, 5.74) is 3.09. The molecule has 0 aliphatic carbocycles. The van der Waals surface area contributed by atoms with Gasteiger partial charge in [0.25, 0.3) is 0 Å². The molecule has 1 aliphatic rings. The van der Waals surface area contributed by atoms with Crippen LogP contribution in [0.25, 0.3) is 0 Å². The Morgan fingerprint density at radius 1 is 1.00 bits per heavy atom. The maximum absolute atomic E-state index is 12.6. The van der Waals surface area contributed by atoms with Gasteiger partial charge in [-0.25, -0.2) is 0 Å². The van der Waals surface area contributed by atoms with E-state index in [4.69, 9.17) is 4.74 Å². The van der Waals surface area contributed by atoms with Crippen LogP contribution >= 0.6 is 27.7 Å². The third kappa shape index (κ3) is 3.89. The summed E-state index contributed by atoms with van der Waals surface area (Å²) in [6.07, 6.45) is 0. The maximum Gasteiger partial charge on any atom is 0.238 e. The van der Waals surface area contributed by atoms with Gasteiger partial charge in [0.1, 0.15) is 16.9 Å². The topological polar surface area (TPSA) is 29.5 Å². The lowest BCUT2D eigenvalue weighted by atomic mass is 10.1. The second-order valence-electron chi connectivity index (χ2n) is 6.35. The Bertz CT molecular complexity index is 977. The van der Waals surface area contributed by atoms with Crippen LogP contribution in [-0.4, -0.2) is 11.7 Å². The van der Waals surface area contributed by atoms with Gasteiger partial charge < -0.3 is 4.74 Å². The van der Waals surface area contributed by atoms with Gasteiger partial charge in [-0.05, 0) is 60.5 Å². The number of aryl methyl sites for hydroxylation is 1. The van der Waals surface area contributed by atoms with Gasteiger partial charge in [0, 0.05) is 10.2 Å². The first-order valence-corrected chi connectivity index (χ1v) is 10.5. The van der Waals surface area contributed by atoms with Crippen molar-refractivity contribution in [2.75, 3.05) is 10.7 Å². The van der Waals surface area contributed by atoms with Gasteiger partial charge in [0.15, 0.2) is 0 Å². The molecule has 4 rings (SSSR count). The molecule has 3 nitrogen and oxygen atoms in total. The van der Waals surface area contributed by atoms with Crippen molar-refractivity contribution in [2.45, 2.75) is 12.3 Å². The number of thioether (sulfide) groups is 1. The molecule has 27 heavy (non-hydrogen) atoms. The molecule has 136 valence electrons. The Labute approximate surface area is 171 Å². The minimum atomic E-state index is -0.0580. The SMILES string of the molecule is Cc1cc(N2C(=O)CS[C@@H]2c2cccc(Oc3ccccc3)c2)ccc1Br. The van der Waals surface area contributed by atoms with Gasteiger partial charge in [-0.2, -0.15) is 0 Å². The number of hydrogen-bond donors (Lipinski definition) is 0. The van der Waals surface area contributed by atoms with Crippen molar-refractivity contribution in [3.63, 3.8) is 0 Å². The standard InChI is InChI=1S/C22H18BrNO2S/c1-15-12-17(10-11-20(15)23)24-21(25)14-27-22(24)16-6-5-9-19(13-16)26-18-7-3-2-4-8-18/h2-13,22H,14H2,1H3/t22-/m1/s1. The van der Waals surface area contributed by atoms with Crippen molar-refractivity contribution in [3.05, 3.63) is 88.4 Å². The molecule has 3 aromatic carbocycles. The molecule has 0 unspecified atom stereocenters. The quantitative estimate of drug-likeness (QED) is 0.475. The molecule has 5 heteroatoms. The first-order valence-electron chi connectivity index (χ1n) is 8.64. The minimum absolute atomic E-state index is 0.0580. The lowest BCUT2D eigenvalue weighted by molar-refractivity contribution is -0.115. The number of rotatable bonds is 4. The fourth-order valence-corrected chi connectivity index (χ4v) is 4.50. The summed E-state index contributed by atoms with van der Waals surface area (Å²) in [6, 6.07) is 23.7. The van der Waals surface area contributed by atoms with E-state index in [-0.39, 0.29) is 11.3 Å². The van der Waals surface area contributed by atoms with Crippen LogP contribution < -0.4 is 9.64 Å². The Balaban J connectivity index is 1.64. The smallest absolute Gasteiger partial charge is 0.238 e. The van der Waals surface area contributed by atoms with Crippen molar-refractivity contribution < 1.29 is 9.53 Å². The van der Waals surface area contributed by atoms with Crippen LogP contribution in [-0.2, 0) is 4.79 Å². The molecule has 0 bridgehead atoms. The van der Waals surface area contributed by atoms with Crippen molar-refractivity contribution in [1.82, 2.24) is 0 Å². The first kappa shape index (κ1) is 18.1. The van der Waals surface area contributed by atoms with Gasteiger partial charge >= 0.3 is 0 Å². The molecular weight excluding hydrogens is 422 g/mol. The van der Waals surface area contributed by atoms with Crippen LogP contribution in [0.1, 0.15) is 16.5 Å². The number of amides is 1. The van der Waals surface area contributed by atoms with Crippen LogP contribution in [0.2, 0.25) is 0 Å². The summed E-state index contributed by atoms with van der Waals surface area (Å²) in [5.74, 6) is 2.17. The Morgan fingerprint density at radius 3 is 2.56 bits per heavy atom. The molecule has 1 heterocycles. The third-order valence-corrected chi connectivity index (χ3v) is 6.51. The highest BCUT2D eigenvalue weighted by Gasteiger charge is 2.34. The molecule has 1 aliphatic heterocycles. The Hall–Kier alpha value is -2.24. The minimum Gasteiger partial charge on any atom is -0.457 e. The van der Waals surface area contributed by atoms with Gasteiger partial charge in [-0.15, -0.1) is 11.8 Å². The zero-order valence-electron chi connectivity index (χ0n) is 14.8. The number of anilines is 1. The summed E-state index contributed by atoms with van der Waals surface area (Å²) >= 11 is 5.17. The molecule has 0 radical (unpaired) electrons. The zero-order chi connectivity index (χ0) is 18.8. The largest absolute Gasteiger partial charge is 0.457 e. The predicted octanol–water partition coefficient (Wildman–Crippen LogP) is 6.33. The van der Waals surface area contributed by atoms with E-state index in [0.717, 1.165) is 32.8 Å². The average Bonchev–Trinajstić information content (AvgIpc) is 3.07. The molecule has 1 fully saturated rings. The number of benzene rings is 3. The van der Waals surface area contributed by atoms with E-state index in [2.05, 4.69) is 15.9 Å². The van der Waals surface area contributed by atoms with E-state index in [0.29, 0.717) is 5.75 Å². The van der Waals surface area contributed by atoms with Gasteiger partial charge in [0.2, 0.25) is 5.91 Å². The fourth-order valence-electron chi connectivity index (χ4n) is 3.08. The van der Waals surface area contributed by atoms with Crippen molar-refractivity contribution in [2.24, 2.45) is 0 Å². The summed E-state index contributed by atoms with van der Waals surface area (Å²) in [4.78, 5) is 14.5. The molecule has 0 aromatic heterocycles. The van der Waals surface area contributed by atoms with E-state index < -0.39 is 0 Å². The molecule has 1 amide bonds. The lowest BCUT2D eigenvalue weighted by Gasteiger charge is -2.25. The maximum atomic E-state index is 12.6. The summed E-state index contributed by atoms with van der Waals surface area (Å²) in [5, 5.41) is -0.0580. The highest BCUT2D eigenvalue weighted by atomic mass is 79.9. The van der Waals surface area contributed by atoms with Crippen molar-refractivity contribution >= 4 is 39.3 Å². The molecule has 1 atom stereocenters. The molecule has 3 aromatic rings. The summed E-state index contributed by atoms with van der Waals surface area (Å²) in [7, 11) is 0. The predicted molar refractivity (Wildman–Crippen MR) is 115 cm³/mol. The fraction of sp³-hybridized carbons (Fsp3) is 0.136. The monoisotopic (exact) mass is 439 g/mol. The van der Waals surface area contributed by atoms with Crippen LogP contribution in [0.5, 0.6) is 11.5 Å². The number of halogens is 1. The Kier molecular flexibility index (Phi) is 5.23. The number of para-hydroxylation sites is 1. The molecular formula is C22H18BrNO2S. The van der Waals surface area contributed by atoms with Gasteiger partial charge in [-0.3, -0.25) is 9.69 Å².